The third kappa shape index (κ3) is 6.01. The molecule has 0 radical (unpaired) electrons. The Kier molecular flexibility index (Phi) is 8.31. The third-order valence-corrected chi connectivity index (χ3v) is 5.20. The van der Waals surface area contributed by atoms with Gasteiger partial charge in [-0.25, -0.2) is 9.59 Å². The molecule has 30 heavy (non-hydrogen) atoms. The average molecular weight is 423 g/mol. The van der Waals surface area contributed by atoms with Gasteiger partial charge in [-0.1, -0.05) is 0 Å². The Morgan fingerprint density at radius 2 is 1.43 bits per heavy atom. The molecule has 0 spiro atoms. The van der Waals surface area contributed by atoms with E-state index in [1.54, 1.807) is 0 Å². The summed E-state index contributed by atoms with van der Waals surface area (Å²) < 4.78 is 14.2. The number of hydrogen-bond donors (Lipinski definition) is 3. The van der Waals surface area contributed by atoms with Gasteiger partial charge in [0.2, 0.25) is 0 Å². The lowest BCUT2D eigenvalue weighted by Crippen LogP contribution is -3.29. The first kappa shape index (κ1) is 23.3. The van der Waals surface area contributed by atoms with E-state index < -0.39 is 29.9 Å². The van der Waals surface area contributed by atoms with Crippen LogP contribution in [0.15, 0.2) is 18.2 Å². The lowest BCUT2D eigenvalue weighted by atomic mass is 10.1. The van der Waals surface area contributed by atoms with E-state index in [0.717, 1.165) is 31.1 Å². The van der Waals surface area contributed by atoms with E-state index in [2.05, 4.69) is 12.4 Å². The molecule has 1 atom stereocenters. The SMILES string of the molecule is COC(=O)C[C@@H](C(=O)Nc1cc(C(=O)OC)cc(C(=O)OC)c1)[NH+]1CC[NH+](C)CC1. The summed E-state index contributed by atoms with van der Waals surface area (Å²) in [6.45, 7) is 3.22. The molecule has 1 fully saturated rings. The molecule has 1 aliphatic rings. The predicted octanol–water partition coefficient (Wildman–Crippen LogP) is -2.46. The fraction of sp³-hybridized carbons (Fsp3) is 0.500. The molecule has 10 nitrogen and oxygen atoms in total. The Bertz CT molecular complexity index is 769. The molecule has 0 unspecified atom stereocenters. The van der Waals surface area contributed by atoms with Gasteiger partial charge in [0.1, 0.15) is 32.6 Å². The zero-order valence-electron chi connectivity index (χ0n) is 17.7. The Hall–Kier alpha value is -2.98. The van der Waals surface area contributed by atoms with Crippen molar-refractivity contribution < 1.29 is 43.2 Å². The minimum Gasteiger partial charge on any atom is -0.469 e. The molecule has 10 heteroatoms. The molecule has 0 bridgehead atoms. The number of methoxy groups -OCH3 is 3. The number of hydrogen-bond acceptors (Lipinski definition) is 7. The lowest BCUT2D eigenvalue weighted by Gasteiger charge is -2.32. The minimum atomic E-state index is -0.658. The summed E-state index contributed by atoms with van der Waals surface area (Å²) in [5.41, 5.74) is 0.420. The number of carbonyl (C=O) groups excluding carboxylic acids is 4. The topological polar surface area (TPSA) is 117 Å². The van der Waals surface area contributed by atoms with Gasteiger partial charge in [-0.2, -0.15) is 0 Å². The number of anilines is 1. The van der Waals surface area contributed by atoms with Crippen molar-refractivity contribution >= 4 is 29.5 Å². The summed E-state index contributed by atoms with van der Waals surface area (Å²) in [6.07, 6.45) is -0.0722. The maximum Gasteiger partial charge on any atom is 0.337 e. The number of benzene rings is 1. The molecular weight excluding hydrogens is 394 g/mol. The van der Waals surface area contributed by atoms with E-state index in [4.69, 9.17) is 14.2 Å². The maximum atomic E-state index is 13.1. The third-order valence-electron chi connectivity index (χ3n) is 5.20. The van der Waals surface area contributed by atoms with E-state index in [1.165, 1.54) is 44.4 Å². The number of piperazine rings is 1. The van der Waals surface area contributed by atoms with Gasteiger partial charge >= 0.3 is 17.9 Å². The summed E-state index contributed by atoms with van der Waals surface area (Å²) in [6, 6.07) is 3.49. The summed E-state index contributed by atoms with van der Waals surface area (Å²) in [5.74, 6) is -2.19. The van der Waals surface area contributed by atoms with Gasteiger partial charge in [-0.05, 0) is 18.2 Å². The zero-order chi connectivity index (χ0) is 22.3. The molecule has 1 aromatic carbocycles. The Morgan fingerprint density at radius 3 is 1.90 bits per heavy atom. The van der Waals surface area contributed by atoms with E-state index in [-0.39, 0.29) is 23.2 Å². The first-order valence-corrected chi connectivity index (χ1v) is 9.64. The van der Waals surface area contributed by atoms with Crippen molar-refractivity contribution in [2.75, 3.05) is 59.9 Å². The van der Waals surface area contributed by atoms with Crippen LogP contribution in [0, 0.1) is 0 Å². The monoisotopic (exact) mass is 423 g/mol. The number of rotatable bonds is 7. The molecule has 1 amide bonds. The highest BCUT2D eigenvalue weighted by atomic mass is 16.5. The maximum absolute atomic E-state index is 13.1. The first-order chi connectivity index (χ1) is 14.3. The highest BCUT2D eigenvalue weighted by Gasteiger charge is 2.35. The van der Waals surface area contributed by atoms with E-state index in [1.807, 2.05) is 0 Å². The number of quaternary nitrogens is 2. The van der Waals surface area contributed by atoms with Crippen LogP contribution in [-0.2, 0) is 23.8 Å². The van der Waals surface area contributed by atoms with Crippen molar-refractivity contribution in [3.05, 3.63) is 29.3 Å². The van der Waals surface area contributed by atoms with Gasteiger partial charge in [-0.3, -0.25) is 9.59 Å². The van der Waals surface area contributed by atoms with Crippen molar-refractivity contribution in [2.24, 2.45) is 0 Å². The molecule has 2 rings (SSSR count). The van der Waals surface area contributed by atoms with Crippen LogP contribution < -0.4 is 15.1 Å². The molecule has 1 aliphatic heterocycles. The average Bonchev–Trinajstić information content (AvgIpc) is 2.76. The number of carbonyl (C=O) groups is 4. The molecule has 164 valence electrons. The van der Waals surface area contributed by atoms with Gasteiger partial charge in [0.25, 0.3) is 5.91 Å². The van der Waals surface area contributed by atoms with Gasteiger partial charge in [0, 0.05) is 5.69 Å². The van der Waals surface area contributed by atoms with Crippen LogP contribution in [0.1, 0.15) is 27.1 Å². The summed E-state index contributed by atoms with van der Waals surface area (Å²) in [4.78, 5) is 51.2. The normalized spacial score (nSPS) is 19.3. The standard InChI is InChI=1S/C20H27N3O7/c1-22-5-7-23(8-6-22)16(12-17(24)28-2)18(25)21-15-10-13(19(26)29-3)9-14(11-15)20(27)30-4/h9-11,16H,5-8,12H2,1-4H3,(H,21,25)/p+2/t16-/m0/s1. The van der Waals surface area contributed by atoms with Crippen molar-refractivity contribution in [3.8, 4) is 0 Å². The van der Waals surface area contributed by atoms with Gasteiger partial charge in [-0.15, -0.1) is 0 Å². The van der Waals surface area contributed by atoms with Crippen LogP contribution in [0.2, 0.25) is 0 Å². The van der Waals surface area contributed by atoms with Crippen molar-refractivity contribution in [2.45, 2.75) is 12.5 Å². The first-order valence-electron chi connectivity index (χ1n) is 9.64. The molecule has 0 aromatic heterocycles. The quantitative estimate of drug-likeness (QED) is 0.329. The van der Waals surface area contributed by atoms with Crippen molar-refractivity contribution in [1.29, 1.82) is 0 Å². The van der Waals surface area contributed by atoms with Crippen LogP contribution in [0.4, 0.5) is 5.69 Å². The van der Waals surface area contributed by atoms with Crippen LogP contribution in [0.5, 0.6) is 0 Å². The fourth-order valence-corrected chi connectivity index (χ4v) is 3.42. The minimum absolute atomic E-state index is 0.0722. The molecule has 0 aliphatic carbocycles. The van der Waals surface area contributed by atoms with Crippen LogP contribution in [-0.4, -0.2) is 84.4 Å². The highest BCUT2D eigenvalue weighted by molar-refractivity contribution is 6.01. The summed E-state index contributed by atoms with van der Waals surface area (Å²) in [7, 11) is 5.80. The summed E-state index contributed by atoms with van der Waals surface area (Å²) >= 11 is 0. The molecular formula is C20H29N3O7+2. The zero-order valence-corrected chi connectivity index (χ0v) is 17.7. The van der Waals surface area contributed by atoms with E-state index in [0.29, 0.717) is 0 Å². The second kappa shape index (κ2) is 10.7. The Balaban J connectivity index is 2.29. The second-order valence-corrected chi connectivity index (χ2v) is 7.22. The number of nitrogens with one attached hydrogen (secondary N) is 3. The predicted molar refractivity (Wildman–Crippen MR) is 105 cm³/mol. The number of likely N-dealkylation sites (N-methyl/N-ethyl adjacent to an activating group) is 1. The van der Waals surface area contributed by atoms with Gasteiger partial charge in [0.15, 0.2) is 6.04 Å². The highest BCUT2D eigenvalue weighted by Crippen LogP contribution is 2.17. The molecule has 0 saturated carbocycles. The fourth-order valence-electron chi connectivity index (χ4n) is 3.42. The Labute approximate surface area is 175 Å². The van der Waals surface area contributed by atoms with Gasteiger partial charge < -0.3 is 29.3 Å². The van der Waals surface area contributed by atoms with Crippen LogP contribution >= 0.6 is 0 Å². The second-order valence-electron chi connectivity index (χ2n) is 7.22. The van der Waals surface area contributed by atoms with E-state index >= 15 is 0 Å². The van der Waals surface area contributed by atoms with E-state index in [9.17, 15) is 19.2 Å². The molecule has 1 aromatic rings. The molecule has 1 heterocycles. The Morgan fingerprint density at radius 1 is 0.900 bits per heavy atom. The van der Waals surface area contributed by atoms with Crippen molar-refractivity contribution in [1.82, 2.24) is 0 Å². The largest absolute Gasteiger partial charge is 0.469 e. The number of amides is 1. The molecule has 1 saturated heterocycles. The van der Waals surface area contributed by atoms with Gasteiger partial charge in [0.05, 0.1) is 39.5 Å². The lowest BCUT2D eigenvalue weighted by molar-refractivity contribution is -1.01. The number of esters is 3. The number of ether oxygens (including phenoxy) is 3. The van der Waals surface area contributed by atoms with Crippen LogP contribution in [0.3, 0.4) is 0 Å². The smallest absolute Gasteiger partial charge is 0.337 e. The molecule has 3 N–H and O–H groups in total. The summed E-state index contributed by atoms with van der Waals surface area (Å²) in [5, 5.41) is 2.73. The van der Waals surface area contributed by atoms with Crippen LogP contribution in [0.25, 0.3) is 0 Å². The van der Waals surface area contributed by atoms with Crippen molar-refractivity contribution in [3.63, 3.8) is 0 Å².